The number of benzene rings is 2. The number of fused-ring (bicyclic) bond motifs is 1. The van der Waals surface area contributed by atoms with E-state index >= 15 is 0 Å². The van der Waals surface area contributed by atoms with Crippen LogP contribution in [0.5, 0.6) is 5.75 Å². The topological polar surface area (TPSA) is 39.1 Å². The van der Waals surface area contributed by atoms with Crippen LogP contribution in [-0.2, 0) is 0 Å². The minimum absolute atomic E-state index is 0.183. The Labute approximate surface area is 130 Å². The summed E-state index contributed by atoms with van der Waals surface area (Å²) in [6, 6.07) is 16.7. The summed E-state index contributed by atoms with van der Waals surface area (Å²) in [4.78, 5) is 0. The van der Waals surface area contributed by atoms with E-state index in [-0.39, 0.29) is 6.04 Å². The molecule has 1 aromatic heterocycles. The molecular formula is C18H21N3O. The third kappa shape index (κ3) is 2.70. The van der Waals surface area contributed by atoms with Gasteiger partial charge in [-0.3, -0.25) is 4.68 Å². The second-order valence-electron chi connectivity index (χ2n) is 5.31. The number of para-hydroxylation sites is 1. The van der Waals surface area contributed by atoms with E-state index in [1.807, 2.05) is 31.4 Å². The standard InChI is InChI=1S/C18H21N3O/c1-19-12-11-16(14-7-4-3-5-8-14)21-18-15(13-20-21)9-6-10-17(18)22-2/h3-10,13,16,19H,11-12H2,1-2H3/t16-/m0/s1. The molecule has 0 saturated heterocycles. The highest BCUT2D eigenvalue weighted by atomic mass is 16.5. The lowest BCUT2D eigenvalue weighted by atomic mass is 10.0. The number of hydrogen-bond acceptors (Lipinski definition) is 3. The summed E-state index contributed by atoms with van der Waals surface area (Å²) in [5.74, 6) is 0.861. The normalized spacial score (nSPS) is 12.5. The van der Waals surface area contributed by atoms with Gasteiger partial charge in [-0.2, -0.15) is 5.10 Å². The minimum atomic E-state index is 0.183. The molecule has 0 aliphatic carbocycles. The number of nitrogens with zero attached hydrogens (tertiary/aromatic N) is 2. The van der Waals surface area contributed by atoms with Crippen molar-refractivity contribution in [2.24, 2.45) is 0 Å². The molecule has 4 nitrogen and oxygen atoms in total. The average Bonchev–Trinajstić information content (AvgIpc) is 3.00. The van der Waals surface area contributed by atoms with Crippen LogP contribution in [0.3, 0.4) is 0 Å². The molecule has 0 spiro atoms. The highest BCUT2D eigenvalue weighted by Gasteiger charge is 2.18. The Balaban J connectivity index is 2.12. The van der Waals surface area contributed by atoms with Crippen LogP contribution in [0, 0.1) is 0 Å². The first-order chi connectivity index (χ1) is 10.8. The lowest BCUT2D eigenvalue weighted by Gasteiger charge is -2.20. The van der Waals surface area contributed by atoms with E-state index in [1.54, 1.807) is 7.11 Å². The Hall–Kier alpha value is -2.33. The van der Waals surface area contributed by atoms with Crippen molar-refractivity contribution in [2.45, 2.75) is 12.5 Å². The molecule has 0 fully saturated rings. The summed E-state index contributed by atoms with van der Waals surface area (Å²) in [5, 5.41) is 8.98. The molecule has 1 N–H and O–H groups in total. The zero-order chi connectivity index (χ0) is 15.4. The molecule has 0 amide bonds. The molecule has 3 rings (SSSR count). The van der Waals surface area contributed by atoms with Crippen LogP contribution >= 0.6 is 0 Å². The number of hydrogen-bond donors (Lipinski definition) is 1. The fourth-order valence-corrected chi connectivity index (χ4v) is 2.86. The van der Waals surface area contributed by atoms with E-state index in [4.69, 9.17) is 4.74 Å². The van der Waals surface area contributed by atoms with E-state index in [9.17, 15) is 0 Å². The van der Waals surface area contributed by atoms with E-state index in [0.717, 1.165) is 29.6 Å². The predicted octanol–water partition coefficient (Wildman–Crippen LogP) is 3.24. The molecule has 114 valence electrons. The van der Waals surface area contributed by atoms with Crippen molar-refractivity contribution in [1.82, 2.24) is 15.1 Å². The maximum Gasteiger partial charge on any atom is 0.144 e. The molecule has 3 aromatic rings. The SMILES string of the molecule is CNCC[C@@H](c1ccccc1)n1ncc2cccc(OC)c21. The van der Waals surface area contributed by atoms with Crippen molar-refractivity contribution in [3.63, 3.8) is 0 Å². The Bertz CT molecular complexity index is 736. The number of methoxy groups -OCH3 is 1. The smallest absolute Gasteiger partial charge is 0.144 e. The second kappa shape index (κ2) is 6.62. The van der Waals surface area contributed by atoms with Crippen molar-refractivity contribution in [3.05, 3.63) is 60.3 Å². The van der Waals surface area contributed by atoms with Crippen LogP contribution < -0.4 is 10.1 Å². The lowest BCUT2D eigenvalue weighted by molar-refractivity contribution is 0.412. The number of aromatic nitrogens is 2. The summed E-state index contributed by atoms with van der Waals surface area (Å²) >= 11 is 0. The first-order valence-electron chi connectivity index (χ1n) is 7.55. The summed E-state index contributed by atoms with van der Waals surface area (Å²) in [6.07, 6.45) is 2.88. The number of nitrogens with one attached hydrogen (secondary N) is 1. The van der Waals surface area contributed by atoms with Gasteiger partial charge in [0, 0.05) is 5.39 Å². The van der Waals surface area contributed by atoms with E-state index in [1.165, 1.54) is 5.56 Å². The van der Waals surface area contributed by atoms with Gasteiger partial charge in [0.2, 0.25) is 0 Å². The molecule has 1 heterocycles. The molecular weight excluding hydrogens is 274 g/mol. The molecule has 4 heteroatoms. The third-order valence-electron chi connectivity index (χ3n) is 3.95. The Morgan fingerprint density at radius 3 is 2.68 bits per heavy atom. The van der Waals surface area contributed by atoms with E-state index in [2.05, 4.69) is 45.4 Å². The molecule has 0 aliphatic heterocycles. The summed E-state index contributed by atoms with van der Waals surface area (Å²) < 4.78 is 7.62. The van der Waals surface area contributed by atoms with E-state index in [0.29, 0.717) is 0 Å². The molecule has 1 atom stereocenters. The highest BCUT2D eigenvalue weighted by molar-refractivity contribution is 5.84. The van der Waals surface area contributed by atoms with Crippen LogP contribution in [0.2, 0.25) is 0 Å². The maximum atomic E-state index is 5.54. The van der Waals surface area contributed by atoms with Gasteiger partial charge in [0.15, 0.2) is 0 Å². The first-order valence-corrected chi connectivity index (χ1v) is 7.55. The molecule has 0 unspecified atom stereocenters. The minimum Gasteiger partial charge on any atom is -0.494 e. The van der Waals surface area contributed by atoms with E-state index < -0.39 is 0 Å². The fraction of sp³-hybridized carbons (Fsp3) is 0.278. The van der Waals surface area contributed by atoms with Crippen molar-refractivity contribution in [1.29, 1.82) is 0 Å². The van der Waals surface area contributed by atoms with Crippen molar-refractivity contribution < 1.29 is 4.74 Å². The van der Waals surface area contributed by atoms with Gasteiger partial charge < -0.3 is 10.1 Å². The Kier molecular flexibility index (Phi) is 4.39. The zero-order valence-corrected chi connectivity index (χ0v) is 13.0. The number of ether oxygens (including phenoxy) is 1. The molecule has 22 heavy (non-hydrogen) atoms. The van der Waals surface area contributed by atoms with Crippen LogP contribution in [0.25, 0.3) is 10.9 Å². The van der Waals surface area contributed by atoms with Gasteiger partial charge in [-0.15, -0.1) is 0 Å². The van der Waals surface area contributed by atoms with Gasteiger partial charge in [0.1, 0.15) is 11.3 Å². The summed E-state index contributed by atoms with van der Waals surface area (Å²) in [7, 11) is 3.68. The van der Waals surface area contributed by atoms with Gasteiger partial charge in [-0.25, -0.2) is 0 Å². The van der Waals surface area contributed by atoms with Crippen LogP contribution in [0.15, 0.2) is 54.7 Å². The van der Waals surface area contributed by atoms with Gasteiger partial charge >= 0.3 is 0 Å². The molecule has 0 bridgehead atoms. The molecule has 0 radical (unpaired) electrons. The van der Waals surface area contributed by atoms with Gasteiger partial charge in [-0.05, 0) is 31.6 Å². The highest BCUT2D eigenvalue weighted by Crippen LogP contribution is 2.31. The van der Waals surface area contributed by atoms with Crippen LogP contribution in [0.4, 0.5) is 0 Å². The van der Waals surface area contributed by atoms with Crippen molar-refractivity contribution in [2.75, 3.05) is 20.7 Å². The lowest BCUT2D eigenvalue weighted by Crippen LogP contribution is -2.18. The van der Waals surface area contributed by atoms with Crippen LogP contribution in [0.1, 0.15) is 18.0 Å². The third-order valence-corrected chi connectivity index (χ3v) is 3.95. The molecule has 0 saturated carbocycles. The predicted molar refractivity (Wildman–Crippen MR) is 89.4 cm³/mol. The monoisotopic (exact) mass is 295 g/mol. The Morgan fingerprint density at radius 2 is 1.95 bits per heavy atom. The summed E-state index contributed by atoms with van der Waals surface area (Å²) in [5.41, 5.74) is 2.31. The van der Waals surface area contributed by atoms with Crippen molar-refractivity contribution in [3.8, 4) is 5.75 Å². The molecule has 2 aromatic carbocycles. The van der Waals surface area contributed by atoms with Crippen LogP contribution in [-0.4, -0.2) is 30.5 Å². The maximum absolute atomic E-state index is 5.54. The largest absolute Gasteiger partial charge is 0.494 e. The first kappa shape index (κ1) is 14.6. The van der Waals surface area contributed by atoms with Gasteiger partial charge in [0.05, 0.1) is 19.3 Å². The molecule has 0 aliphatic rings. The second-order valence-corrected chi connectivity index (χ2v) is 5.31. The number of rotatable bonds is 6. The fourth-order valence-electron chi connectivity index (χ4n) is 2.86. The Morgan fingerprint density at radius 1 is 1.14 bits per heavy atom. The van der Waals surface area contributed by atoms with Gasteiger partial charge in [-0.1, -0.05) is 42.5 Å². The zero-order valence-electron chi connectivity index (χ0n) is 13.0. The van der Waals surface area contributed by atoms with Crippen molar-refractivity contribution >= 4 is 10.9 Å². The van der Waals surface area contributed by atoms with Gasteiger partial charge in [0.25, 0.3) is 0 Å². The quantitative estimate of drug-likeness (QED) is 0.759. The average molecular weight is 295 g/mol. The summed E-state index contributed by atoms with van der Waals surface area (Å²) in [6.45, 7) is 0.927.